The van der Waals surface area contributed by atoms with E-state index in [1.54, 1.807) is 0 Å². The zero-order valence-electron chi connectivity index (χ0n) is 8.70. The maximum Gasteiger partial charge on any atom is 0.131 e. The number of piperidine rings is 1. The van der Waals surface area contributed by atoms with E-state index < -0.39 is 0 Å². The van der Waals surface area contributed by atoms with E-state index in [1.807, 2.05) is 0 Å². The van der Waals surface area contributed by atoms with Crippen molar-refractivity contribution in [2.75, 3.05) is 0 Å². The predicted octanol–water partition coefficient (Wildman–Crippen LogP) is 2.87. The molecule has 0 aliphatic carbocycles. The van der Waals surface area contributed by atoms with Crippen molar-refractivity contribution in [2.24, 2.45) is 0 Å². The molecule has 2 aliphatic rings. The van der Waals surface area contributed by atoms with Gasteiger partial charge in [0.15, 0.2) is 0 Å². The van der Waals surface area contributed by atoms with Gasteiger partial charge in [0, 0.05) is 17.6 Å². The Morgan fingerprint density at radius 1 is 1.13 bits per heavy atom. The van der Waals surface area contributed by atoms with Gasteiger partial charge in [-0.3, -0.25) is 0 Å². The van der Waals surface area contributed by atoms with E-state index in [0.29, 0.717) is 0 Å². The Bertz CT molecular complexity index is 463. The SMILES string of the molecule is c1cc2oc1cc2C1CC2CCC(C1)N2. The van der Waals surface area contributed by atoms with Crippen LogP contribution >= 0.6 is 0 Å². The highest BCUT2D eigenvalue weighted by atomic mass is 16.3. The first-order chi connectivity index (χ1) is 7.38. The Hall–Kier alpha value is -1.02. The van der Waals surface area contributed by atoms with Crippen molar-refractivity contribution in [3.63, 3.8) is 0 Å². The molecule has 2 aromatic heterocycles. The maximum absolute atomic E-state index is 5.64. The van der Waals surface area contributed by atoms with Gasteiger partial charge in [-0.1, -0.05) is 0 Å². The normalized spacial score (nSPS) is 35.3. The zero-order chi connectivity index (χ0) is 9.83. The third-order valence-electron chi connectivity index (χ3n) is 4.12. The first-order valence-corrected chi connectivity index (χ1v) is 5.96. The molecule has 0 radical (unpaired) electrons. The summed E-state index contributed by atoms with van der Waals surface area (Å²) in [6.07, 6.45) is 5.35. The van der Waals surface area contributed by atoms with Gasteiger partial charge in [0.1, 0.15) is 11.2 Å². The number of fused-ring (bicyclic) bond motifs is 4. The van der Waals surface area contributed by atoms with Crippen LogP contribution in [0.25, 0.3) is 11.2 Å². The summed E-state index contributed by atoms with van der Waals surface area (Å²) < 4.78 is 5.64. The molecule has 2 nitrogen and oxygen atoms in total. The second-order valence-corrected chi connectivity index (χ2v) is 5.11. The summed E-state index contributed by atoms with van der Waals surface area (Å²) in [5.74, 6) is 0.737. The molecule has 2 heteroatoms. The summed E-state index contributed by atoms with van der Waals surface area (Å²) in [7, 11) is 0. The average Bonchev–Trinajstić information content (AvgIpc) is 2.93. The van der Waals surface area contributed by atoms with Gasteiger partial charge in [-0.2, -0.15) is 0 Å². The van der Waals surface area contributed by atoms with Crippen LogP contribution in [0.3, 0.4) is 0 Å². The van der Waals surface area contributed by atoms with Gasteiger partial charge < -0.3 is 9.73 Å². The molecule has 2 unspecified atom stereocenters. The quantitative estimate of drug-likeness (QED) is 0.767. The van der Waals surface area contributed by atoms with Crippen LogP contribution in [0, 0.1) is 0 Å². The molecular weight excluding hydrogens is 186 g/mol. The van der Waals surface area contributed by atoms with Crippen LogP contribution in [-0.2, 0) is 0 Å². The molecule has 4 bridgehead atoms. The summed E-state index contributed by atoms with van der Waals surface area (Å²) in [5, 5.41) is 3.69. The average molecular weight is 201 g/mol. The lowest BCUT2D eigenvalue weighted by Gasteiger charge is -2.28. The molecule has 4 heterocycles. The minimum Gasteiger partial charge on any atom is -0.457 e. The lowest BCUT2D eigenvalue weighted by molar-refractivity contribution is 0.364. The van der Waals surface area contributed by atoms with Gasteiger partial charge in [0.05, 0.1) is 0 Å². The van der Waals surface area contributed by atoms with Crippen molar-refractivity contribution in [1.29, 1.82) is 0 Å². The summed E-state index contributed by atoms with van der Waals surface area (Å²) in [6.45, 7) is 0. The van der Waals surface area contributed by atoms with Crippen molar-refractivity contribution in [3.05, 3.63) is 23.8 Å². The number of benzene rings is 1. The van der Waals surface area contributed by atoms with E-state index >= 15 is 0 Å². The Kier molecular flexibility index (Phi) is 1.50. The van der Waals surface area contributed by atoms with E-state index in [0.717, 1.165) is 29.2 Å². The van der Waals surface area contributed by atoms with E-state index in [-0.39, 0.29) is 0 Å². The molecule has 1 N–H and O–H groups in total. The molecule has 4 rings (SSSR count). The standard InChI is InChI=1S/C13H15NO/c1-2-10-6-8(5-9(1)14-10)12-7-11-3-4-13(12)15-11/h3-4,7-10,14H,1-2,5-6H2. The lowest BCUT2D eigenvalue weighted by Crippen LogP contribution is -2.37. The van der Waals surface area contributed by atoms with Gasteiger partial charge in [0.2, 0.25) is 0 Å². The van der Waals surface area contributed by atoms with Crippen molar-refractivity contribution < 1.29 is 4.42 Å². The smallest absolute Gasteiger partial charge is 0.131 e. The van der Waals surface area contributed by atoms with Crippen molar-refractivity contribution in [1.82, 2.24) is 5.32 Å². The molecular formula is C13H15NO. The number of nitrogens with one attached hydrogen (secondary N) is 1. The summed E-state index contributed by atoms with van der Waals surface area (Å²) in [5.41, 5.74) is 3.63. The van der Waals surface area contributed by atoms with Crippen LogP contribution in [0.4, 0.5) is 0 Å². The summed E-state index contributed by atoms with van der Waals surface area (Å²) in [6, 6.07) is 7.96. The van der Waals surface area contributed by atoms with Crippen molar-refractivity contribution >= 4 is 11.2 Å². The fourth-order valence-corrected chi connectivity index (χ4v) is 3.44. The molecule has 2 fully saturated rings. The minimum absolute atomic E-state index is 0.737. The monoisotopic (exact) mass is 201 g/mol. The van der Waals surface area contributed by atoms with Crippen molar-refractivity contribution in [3.8, 4) is 0 Å². The van der Waals surface area contributed by atoms with E-state index in [9.17, 15) is 0 Å². The van der Waals surface area contributed by atoms with Crippen LogP contribution < -0.4 is 5.32 Å². The topological polar surface area (TPSA) is 25.2 Å². The summed E-state index contributed by atoms with van der Waals surface area (Å²) >= 11 is 0. The van der Waals surface area contributed by atoms with Crippen LogP contribution in [0.5, 0.6) is 0 Å². The molecule has 0 spiro atoms. The van der Waals surface area contributed by atoms with Gasteiger partial charge >= 0.3 is 0 Å². The molecule has 2 atom stereocenters. The zero-order valence-corrected chi connectivity index (χ0v) is 8.70. The molecule has 15 heavy (non-hydrogen) atoms. The predicted molar refractivity (Wildman–Crippen MR) is 59.3 cm³/mol. The Morgan fingerprint density at radius 2 is 1.93 bits per heavy atom. The van der Waals surface area contributed by atoms with Gasteiger partial charge in [0.25, 0.3) is 0 Å². The van der Waals surface area contributed by atoms with E-state index in [1.165, 1.54) is 31.2 Å². The molecule has 2 saturated heterocycles. The molecule has 0 amide bonds. The fourth-order valence-electron chi connectivity index (χ4n) is 3.44. The Balaban J connectivity index is 1.70. The minimum atomic E-state index is 0.737. The number of hydrogen-bond acceptors (Lipinski definition) is 2. The second-order valence-electron chi connectivity index (χ2n) is 5.11. The van der Waals surface area contributed by atoms with Crippen LogP contribution in [0.15, 0.2) is 22.6 Å². The lowest BCUT2D eigenvalue weighted by atomic mass is 9.86. The number of rotatable bonds is 1. The van der Waals surface area contributed by atoms with Crippen LogP contribution in [-0.4, -0.2) is 12.1 Å². The number of hydrogen-bond donors (Lipinski definition) is 1. The van der Waals surface area contributed by atoms with Gasteiger partial charge in [-0.05, 0) is 49.8 Å². The van der Waals surface area contributed by atoms with Crippen LogP contribution in [0.2, 0.25) is 0 Å². The Labute approximate surface area is 89.0 Å². The molecule has 0 saturated carbocycles. The largest absolute Gasteiger partial charge is 0.457 e. The van der Waals surface area contributed by atoms with E-state index in [4.69, 9.17) is 4.42 Å². The second kappa shape index (κ2) is 2.76. The van der Waals surface area contributed by atoms with E-state index in [2.05, 4.69) is 23.5 Å². The maximum atomic E-state index is 5.64. The first-order valence-electron chi connectivity index (χ1n) is 5.96. The molecule has 78 valence electrons. The first kappa shape index (κ1) is 8.17. The summed E-state index contributed by atoms with van der Waals surface area (Å²) in [4.78, 5) is 0. The number of furan rings is 2. The molecule has 2 aromatic rings. The molecule has 0 aromatic carbocycles. The fraction of sp³-hybridized carbons (Fsp3) is 0.538. The van der Waals surface area contributed by atoms with Crippen LogP contribution in [0.1, 0.15) is 37.2 Å². The van der Waals surface area contributed by atoms with Crippen molar-refractivity contribution in [2.45, 2.75) is 43.7 Å². The third-order valence-corrected chi connectivity index (χ3v) is 4.12. The Morgan fingerprint density at radius 3 is 2.53 bits per heavy atom. The third kappa shape index (κ3) is 1.14. The molecule has 2 aliphatic heterocycles. The highest BCUT2D eigenvalue weighted by molar-refractivity contribution is 5.66. The van der Waals surface area contributed by atoms with Gasteiger partial charge in [-0.15, -0.1) is 0 Å². The highest BCUT2D eigenvalue weighted by Gasteiger charge is 2.35. The highest BCUT2D eigenvalue weighted by Crippen LogP contribution is 2.40. The van der Waals surface area contributed by atoms with Gasteiger partial charge in [-0.25, -0.2) is 0 Å².